The van der Waals surface area contributed by atoms with Gasteiger partial charge in [0.05, 0.1) is 19.6 Å². The van der Waals surface area contributed by atoms with Gasteiger partial charge in [-0.05, 0) is 30.0 Å². The van der Waals surface area contributed by atoms with Gasteiger partial charge in [-0.3, -0.25) is 9.59 Å². The minimum atomic E-state index is -0.741. The number of carbonyl (C=O) groups is 2. The van der Waals surface area contributed by atoms with E-state index in [4.69, 9.17) is 9.47 Å². The highest BCUT2D eigenvalue weighted by atomic mass is 16.5. The monoisotopic (exact) mass is 326 g/mol. The van der Waals surface area contributed by atoms with Gasteiger partial charge in [0, 0.05) is 17.9 Å². The van der Waals surface area contributed by atoms with E-state index in [1.807, 2.05) is 31.2 Å². The van der Waals surface area contributed by atoms with Crippen molar-refractivity contribution in [3.8, 4) is 5.75 Å². The van der Waals surface area contributed by atoms with Crippen LogP contribution in [0.3, 0.4) is 0 Å². The third-order valence-corrected chi connectivity index (χ3v) is 5.58. The van der Waals surface area contributed by atoms with Crippen LogP contribution in [0.2, 0.25) is 0 Å². The fourth-order valence-electron chi connectivity index (χ4n) is 4.63. The number of benzene rings is 1. The first-order chi connectivity index (χ1) is 11.5. The van der Waals surface area contributed by atoms with Crippen LogP contribution in [0.15, 0.2) is 48.8 Å². The molecule has 1 saturated carbocycles. The molecule has 0 amide bonds. The summed E-state index contributed by atoms with van der Waals surface area (Å²) >= 11 is 0. The molecule has 0 N–H and O–H groups in total. The number of hydrogen-bond acceptors (Lipinski definition) is 4. The molecule has 0 heterocycles. The Balaban J connectivity index is 2.08. The second-order valence-electron chi connectivity index (χ2n) is 6.56. The van der Waals surface area contributed by atoms with Crippen molar-refractivity contribution in [3.63, 3.8) is 0 Å². The van der Waals surface area contributed by atoms with E-state index in [-0.39, 0.29) is 35.1 Å². The Morgan fingerprint density at radius 3 is 2.33 bits per heavy atom. The minimum absolute atomic E-state index is 0.0162. The number of fused-ring (bicyclic) bond motifs is 1. The summed E-state index contributed by atoms with van der Waals surface area (Å²) < 4.78 is 10.3. The second-order valence-corrected chi connectivity index (χ2v) is 6.56. The summed E-state index contributed by atoms with van der Waals surface area (Å²) in [5, 5.41) is 0. The molecule has 0 aromatic heterocycles. The Morgan fingerprint density at radius 1 is 1.12 bits per heavy atom. The maximum absolute atomic E-state index is 13.0. The Hall–Kier alpha value is -2.36. The smallest absolute Gasteiger partial charge is 0.201 e. The van der Waals surface area contributed by atoms with Crippen molar-refractivity contribution in [1.82, 2.24) is 0 Å². The summed E-state index contributed by atoms with van der Waals surface area (Å²) in [4.78, 5) is 25.7. The van der Waals surface area contributed by atoms with Crippen molar-refractivity contribution in [1.29, 1.82) is 0 Å². The zero-order valence-electron chi connectivity index (χ0n) is 14.2. The van der Waals surface area contributed by atoms with E-state index in [9.17, 15) is 9.59 Å². The largest absolute Gasteiger partial charge is 0.497 e. The molecule has 1 aromatic carbocycles. The lowest BCUT2D eigenvalue weighted by Crippen LogP contribution is -2.63. The van der Waals surface area contributed by atoms with Crippen molar-refractivity contribution in [2.24, 2.45) is 17.3 Å². The van der Waals surface area contributed by atoms with Crippen LogP contribution in [0, 0.1) is 17.3 Å². The predicted molar refractivity (Wildman–Crippen MR) is 90.7 cm³/mol. The normalized spacial score (nSPS) is 31.6. The van der Waals surface area contributed by atoms with Gasteiger partial charge >= 0.3 is 0 Å². The van der Waals surface area contributed by atoms with Gasteiger partial charge in [0.1, 0.15) is 5.75 Å². The molecule has 2 aliphatic carbocycles. The maximum atomic E-state index is 13.0. The molecule has 3 rings (SSSR count). The van der Waals surface area contributed by atoms with Gasteiger partial charge in [-0.1, -0.05) is 25.1 Å². The standard InChI is InChI=1S/C20H22O4/c1-5-10-20-16(21)11-15(24-4)19(22)18(20)12(2)17(20)13-6-8-14(23-3)9-7-13/h5-9,11-12,17-18H,1,10H2,2-4H3/t12-,17+,18+,20+/m1/s1. The van der Waals surface area contributed by atoms with Gasteiger partial charge in [0.2, 0.25) is 5.78 Å². The Morgan fingerprint density at radius 2 is 1.79 bits per heavy atom. The zero-order chi connectivity index (χ0) is 17.5. The summed E-state index contributed by atoms with van der Waals surface area (Å²) in [7, 11) is 3.05. The van der Waals surface area contributed by atoms with Crippen LogP contribution >= 0.6 is 0 Å². The van der Waals surface area contributed by atoms with Gasteiger partial charge < -0.3 is 9.47 Å². The first kappa shape index (κ1) is 16.5. The summed E-state index contributed by atoms with van der Waals surface area (Å²) in [6.45, 7) is 5.84. The first-order valence-corrected chi connectivity index (χ1v) is 8.10. The number of ketones is 2. The molecule has 0 unspecified atom stereocenters. The highest BCUT2D eigenvalue weighted by Crippen LogP contribution is 2.65. The fourth-order valence-corrected chi connectivity index (χ4v) is 4.63. The zero-order valence-corrected chi connectivity index (χ0v) is 14.2. The molecular formula is C20H22O4. The highest BCUT2D eigenvalue weighted by molar-refractivity contribution is 6.13. The van der Waals surface area contributed by atoms with E-state index < -0.39 is 5.41 Å². The van der Waals surface area contributed by atoms with Crippen LogP contribution in [-0.4, -0.2) is 25.8 Å². The fraction of sp³-hybridized carbons (Fsp3) is 0.400. The molecule has 1 fully saturated rings. The Kier molecular flexibility index (Phi) is 4.08. The summed E-state index contributed by atoms with van der Waals surface area (Å²) in [5.41, 5.74) is 0.311. The van der Waals surface area contributed by atoms with Crippen LogP contribution in [-0.2, 0) is 14.3 Å². The van der Waals surface area contributed by atoms with Gasteiger partial charge in [-0.2, -0.15) is 0 Å². The number of rotatable bonds is 5. The number of methoxy groups -OCH3 is 2. The highest BCUT2D eigenvalue weighted by Gasteiger charge is 2.67. The number of carbonyl (C=O) groups excluding carboxylic acids is 2. The molecule has 1 aromatic rings. The summed E-state index contributed by atoms with van der Waals surface area (Å²) in [6, 6.07) is 7.74. The molecule has 0 saturated heterocycles. The van der Waals surface area contributed by atoms with Gasteiger partial charge in [-0.25, -0.2) is 0 Å². The first-order valence-electron chi connectivity index (χ1n) is 8.10. The Bertz CT molecular complexity index is 716. The number of allylic oxidation sites excluding steroid dienone is 3. The maximum Gasteiger partial charge on any atom is 0.201 e. The average molecular weight is 326 g/mol. The number of hydrogen-bond donors (Lipinski definition) is 0. The molecule has 4 nitrogen and oxygen atoms in total. The molecule has 24 heavy (non-hydrogen) atoms. The molecular weight excluding hydrogens is 304 g/mol. The lowest BCUT2D eigenvalue weighted by Gasteiger charge is -2.60. The van der Waals surface area contributed by atoms with E-state index in [1.165, 1.54) is 13.2 Å². The van der Waals surface area contributed by atoms with E-state index in [1.54, 1.807) is 13.2 Å². The summed E-state index contributed by atoms with van der Waals surface area (Å²) in [5.74, 6) is 0.526. The third kappa shape index (κ3) is 2.05. The minimum Gasteiger partial charge on any atom is -0.497 e. The van der Waals surface area contributed by atoms with Crippen molar-refractivity contribution in [3.05, 3.63) is 54.3 Å². The molecule has 0 radical (unpaired) electrons. The van der Waals surface area contributed by atoms with Crippen molar-refractivity contribution in [2.45, 2.75) is 19.3 Å². The quantitative estimate of drug-likeness (QED) is 0.779. The molecule has 0 spiro atoms. The van der Waals surface area contributed by atoms with Crippen LogP contribution < -0.4 is 4.74 Å². The van der Waals surface area contributed by atoms with Gasteiger partial charge in [-0.15, -0.1) is 6.58 Å². The van der Waals surface area contributed by atoms with Crippen LogP contribution in [0.4, 0.5) is 0 Å². The molecule has 4 atom stereocenters. The number of Topliss-reactive ketones (excluding diaryl/α,β-unsaturated/α-hetero) is 1. The molecule has 2 aliphatic rings. The SMILES string of the molecule is C=CC[C@@]12C(=O)C=C(OC)C(=O)[C@@H]1[C@H](C)[C@H]2c1ccc(OC)cc1. The van der Waals surface area contributed by atoms with Gasteiger partial charge in [0.15, 0.2) is 11.5 Å². The van der Waals surface area contributed by atoms with Crippen molar-refractivity contribution in [2.75, 3.05) is 14.2 Å². The molecule has 4 heteroatoms. The lowest BCUT2D eigenvalue weighted by atomic mass is 9.40. The Labute approximate surface area is 142 Å². The van der Waals surface area contributed by atoms with Crippen LogP contribution in [0.1, 0.15) is 24.8 Å². The van der Waals surface area contributed by atoms with E-state index >= 15 is 0 Å². The molecule has 0 aliphatic heterocycles. The topological polar surface area (TPSA) is 52.6 Å². The van der Waals surface area contributed by atoms with Crippen LogP contribution in [0.25, 0.3) is 0 Å². The predicted octanol–water partition coefficient (Wildman–Crippen LogP) is 3.29. The van der Waals surface area contributed by atoms with Crippen molar-refractivity contribution < 1.29 is 19.1 Å². The van der Waals surface area contributed by atoms with E-state index in [0.717, 1.165) is 11.3 Å². The third-order valence-electron chi connectivity index (χ3n) is 5.58. The molecule has 0 bridgehead atoms. The van der Waals surface area contributed by atoms with Crippen molar-refractivity contribution >= 4 is 11.6 Å². The molecule has 126 valence electrons. The number of ether oxygens (including phenoxy) is 2. The van der Waals surface area contributed by atoms with E-state index in [2.05, 4.69) is 6.58 Å². The van der Waals surface area contributed by atoms with Crippen LogP contribution in [0.5, 0.6) is 5.75 Å². The summed E-state index contributed by atoms with van der Waals surface area (Å²) in [6.07, 6.45) is 3.59. The van der Waals surface area contributed by atoms with Gasteiger partial charge in [0.25, 0.3) is 0 Å². The van der Waals surface area contributed by atoms with E-state index in [0.29, 0.717) is 6.42 Å². The average Bonchev–Trinajstić information content (AvgIpc) is 2.58. The lowest BCUT2D eigenvalue weighted by molar-refractivity contribution is -0.161. The second kappa shape index (κ2) is 5.93.